The Kier molecular flexibility index (Phi) is 5.84. The van der Waals surface area contributed by atoms with Crippen molar-refractivity contribution in [3.8, 4) is 0 Å². The lowest BCUT2D eigenvalue weighted by molar-refractivity contribution is -0.135. The summed E-state index contributed by atoms with van der Waals surface area (Å²) < 4.78 is 62.6. The average molecular weight is 425 g/mol. The van der Waals surface area contributed by atoms with Gasteiger partial charge in [-0.1, -0.05) is 15.9 Å². The van der Waals surface area contributed by atoms with E-state index in [0.29, 0.717) is 8.95 Å². The van der Waals surface area contributed by atoms with Crippen molar-refractivity contribution in [2.24, 2.45) is 0 Å². The predicted octanol–water partition coefficient (Wildman–Crippen LogP) is 3.83. The molecule has 0 unspecified atom stereocenters. The third kappa shape index (κ3) is 5.80. The van der Waals surface area contributed by atoms with Crippen molar-refractivity contribution >= 4 is 41.9 Å². The highest BCUT2D eigenvalue weighted by atomic mass is 79.9. The molecule has 0 aliphatic rings. The van der Waals surface area contributed by atoms with Crippen LogP contribution in [0.2, 0.25) is 0 Å². The zero-order valence-corrected chi connectivity index (χ0v) is 13.5. The number of alkyl halides is 3. The van der Waals surface area contributed by atoms with Gasteiger partial charge in [0.25, 0.3) is 0 Å². The summed E-state index contributed by atoms with van der Waals surface area (Å²) in [5.41, 5.74) is 0. The molecule has 1 aromatic carbocycles. The van der Waals surface area contributed by atoms with E-state index in [9.17, 15) is 21.6 Å². The number of halogens is 5. The van der Waals surface area contributed by atoms with Crippen LogP contribution >= 0.6 is 31.9 Å². The molecule has 0 amide bonds. The molecule has 0 fully saturated rings. The fraction of sp³-hybridized carbons (Fsp3) is 0.400. The Morgan fingerprint density at radius 1 is 1.21 bits per heavy atom. The van der Waals surface area contributed by atoms with Gasteiger partial charge in [0.15, 0.2) is 0 Å². The van der Waals surface area contributed by atoms with Crippen LogP contribution in [0.25, 0.3) is 0 Å². The Bertz CT molecular complexity index is 546. The standard InChI is InChI=1S/C10H10Br2F3NO2S/c11-7-2-3-8(12)9(6-7)19(17,18)16-5-1-4-10(13,14)15/h2-3,6,16H,1,4-5H2. The molecule has 0 spiro atoms. The Morgan fingerprint density at radius 2 is 1.84 bits per heavy atom. The van der Waals surface area contributed by atoms with Gasteiger partial charge in [0.2, 0.25) is 10.0 Å². The quantitative estimate of drug-likeness (QED) is 0.730. The van der Waals surface area contributed by atoms with Crippen LogP contribution in [-0.4, -0.2) is 21.1 Å². The van der Waals surface area contributed by atoms with Crippen molar-refractivity contribution in [2.75, 3.05) is 6.54 Å². The smallest absolute Gasteiger partial charge is 0.211 e. The summed E-state index contributed by atoms with van der Waals surface area (Å²) in [7, 11) is -3.83. The van der Waals surface area contributed by atoms with Crippen molar-refractivity contribution in [3.05, 3.63) is 27.1 Å². The summed E-state index contributed by atoms with van der Waals surface area (Å²) in [6, 6.07) is 4.55. The molecule has 0 bridgehead atoms. The zero-order chi connectivity index (χ0) is 14.7. The maximum Gasteiger partial charge on any atom is 0.389 e. The van der Waals surface area contributed by atoms with Crippen LogP contribution in [0.15, 0.2) is 32.0 Å². The first-order valence-electron chi connectivity index (χ1n) is 5.13. The first-order chi connectivity index (χ1) is 8.62. The fourth-order valence-electron chi connectivity index (χ4n) is 1.26. The van der Waals surface area contributed by atoms with Gasteiger partial charge in [-0.25, -0.2) is 13.1 Å². The number of sulfonamides is 1. The van der Waals surface area contributed by atoms with E-state index in [4.69, 9.17) is 0 Å². The minimum absolute atomic E-state index is 0.0196. The van der Waals surface area contributed by atoms with E-state index in [1.54, 1.807) is 6.07 Å². The molecule has 108 valence electrons. The lowest BCUT2D eigenvalue weighted by Crippen LogP contribution is -2.26. The number of rotatable bonds is 5. The Hall–Kier alpha value is -0.120. The third-order valence-electron chi connectivity index (χ3n) is 2.11. The van der Waals surface area contributed by atoms with Gasteiger partial charge in [0.1, 0.15) is 0 Å². The van der Waals surface area contributed by atoms with Gasteiger partial charge >= 0.3 is 6.18 Å². The highest BCUT2D eigenvalue weighted by Crippen LogP contribution is 2.26. The van der Waals surface area contributed by atoms with Crippen molar-refractivity contribution in [1.29, 1.82) is 0 Å². The number of benzene rings is 1. The molecule has 0 saturated carbocycles. The van der Waals surface area contributed by atoms with Gasteiger partial charge in [-0.15, -0.1) is 0 Å². The molecule has 9 heteroatoms. The van der Waals surface area contributed by atoms with Crippen LogP contribution in [0, 0.1) is 0 Å². The van der Waals surface area contributed by atoms with Gasteiger partial charge in [-0.3, -0.25) is 0 Å². The second kappa shape index (κ2) is 6.55. The van der Waals surface area contributed by atoms with Crippen LogP contribution < -0.4 is 4.72 Å². The van der Waals surface area contributed by atoms with Crippen LogP contribution in [0.4, 0.5) is 13.2 Å². The summed E-state index contributed by atoms with van der Waals surface area (Å²) >= 11 is 6.22. The second-order valence-corrected chi connectivity index (χ2v) is 7.20. The lowest BCUT2D eigenvalue weighted by Gasteiger charge is -2.10. The molecule has 0 heterocycles. The molecule has 0 atom stereocenters. The SMILES string of the molecule is O=S(=O)(NCCCC(F)(F)F)c1cc(Br)ccc1Br. The second-order valence-electron chi connectivity index (χ2n) is 3.69. The van der Waals surface area contributed by atoms with Crippen LogP contribution in [0.3, 0.4) is 0 Å². The summed E-state index contributed by atoms with van der Waals surface area (Å²) in [6.07, 6.45) is -5.59. The minimum atomic E-state index is -4.28. The third-order valence-corrected chi connectivity index (χ3v) is 5.06. The lowest BCUT2D eigenvalue weighted by atomic mass is 10.3. The van der Waals surface area contributed by atoms with Gasteiger partial charge in [-0.05, 0) is 40.5 Å². The number of hydrogen-bond acceptors (Lipinski definition) is 2. The van der Waals surface area contributed by atoms with Gasteiger partial charge in [-0.2, -0.15) is 13.2 Å². The van der Waals surface area contributed by atoms with E-state index in [1.165, 1.54) is 12.1 Å². The molecule has 1 rings (SSSR count). The van der Waals surface area contributed by atoms with Crippen molar-refractivity contribution in [1.82, 2.24) is 4.72 Å². The van der Waals surface area contributed by atoms with Gasteiger partial charge < -0.3 is 0 Å². The van der Waals surface area contributed by atoms with Gasteiger partial charge in [0.05, 0.1) is 4.90 Å². The maximum absolute atomic E-state index is 11.9. The highest BCUT2D eigenvalue weighted by Gasteiger charge is 2.26. The van der Waals surface area contributed by atoms with E-state index in [2.05, 4.69) is 36.6 Å². The molecule has 1 aromatic rings. The average Bonchev–Trinajstić information content (AvgIpc) is 2.26. The summed E-state index contributed by atoms with van der Waals surface area (Å²) in [4.78, 5) is -0.0196. The maximum atomic E-state index is 11.9. The van der Waals surface area contributed by atoms with Gasteiger partial charge in [0, 0.05) is 21.9 Å². The van der Waals surface area contributed by atoms with Crippen molar-refractivity contribution < 1.29 is 21.6 Å². The molecular formula is C10H10Br2F3NO2S. The number of nitrogens with one attached hydrogen (secondary N) is 1. The van der Waals surface area contributed by atoms with Crippen molar-refractivity contribution in [3.63, 3.8) is 0 Å². The largest absolute Gasteiger partial charge is 0.389 e. The van der Waals surface area contributed by atoms with E-state index < -0.39 is 22.6 Å². The van der Waals surface area contributed by atoms with E-state index >= 15 is 0 Å². The van der Waals surface area contributed by atoms with E-state index in [0.717, 1.165) is 0 Å². The van der Waals surface area contributed by atoms with E-state index in [-0.39, 0.29) is 17.9 Å². The normalized spacial score (nSPS) is 12.7. The monoisotopic (exact) mass is 423 g/mol. The number of hydrogen-bond donors (Lipinski definition) is 1. The summed E-state index contributed by atoms with van der Waals surface area (Å²) in [6.45, 7) is -0.263. The molecule has 19 heavy (non-hydrogen) atoms. The topological polar surface area (TPSA) is 46.2 Å². The Labute approximate surface area is 125 Å². The van der Waals surface area contributed by atoms with Crippen LogP contribution in [0.1, 0.15) is 12.8 Å². The molecule has 0 aromatic heterocycles. The first-order valence-corrected chi connectivity index (χ1v) is 8.20. The highest BCUT2D eigenvalue weighted by molar-refractivity contribution is 9.11. The Balaban J connectivity index is 2.69. The zero-order valence-electron chi connectivity index (χ0n) is 9.47. The predicted molar refractivity (Wildman–Crippen MR) is 72.3 cm³/mol. The molecular weight excluding hydrogens is 415 g/mol. The molecule has 1 N–H and O–H groups in total. The first kappa shape index (κ1) is 16.9. The van der Waals surface area contributed by atoms with E-state index in [1.807, 2.05) is 0 Å². The summed E-state index contributed by atoms with van der Waals surface area (Å²) in [5.74, 6) is 0. The van der Waals surface area contributed by atoms with Crippen molar-refractivity contribution in [2.45, 2.75) is 23.9 Å². The van der Waals surface area contributed by atoms with Crippen LogP contribution in [-0.2, 0) is 10.0 Å². The molecule has 0 radical (unpaired) electrons. The van der Waals surface area contributed by atoms with Crippen LogP contribution in [0.5, 0.6) is 0 Å². The molecule has 0 saturated heterocycles. The molecule has 3 nitrogen and oxygen atoms in total. The molecule has 0 aliphatic heterocycles. The molecule has 0 aliphatic carbocycles. The fourth-order valence-corrected chi connectivity index (χ4v) is 3.83. The Morgan fingerprint density at radius 3 is 2.42 bits per heavy atom. The summed E-state index contributed by atoms with van der Waals surface area (Å²) in [5, 5.41) is 0. The minimum Gasteiger partial charge on any atom is -0.211 e.